The molecule has 0 bridgehead atoms. The number of carbonyl (C=O) groups is 2. The number of furan rings is 1. The number of esters is 1. The maximum Gasteiger partial charge on any atom is 0.310 e. The van der Waals surface area contributed by atoms with E-state index < -0.39 is 0 Å². The third-order valence-corrected chi connectivity index (χ3v) is 4.06. The fraction of sp³-hybridized carbons (Fsp3) is 0.529. The highest BCUT2D eigenvalue weighted by atomic mass is 16.5. The van der Waals surface area contributed by atoms with Gasteiger partial charge in [-0.2, -0.15) is 0 Å². The zero-order valence-electron chi connectivity index (χ0n) is 13.2. The molecule has 1 unspecified atom stereocenters. The van der Waals surface area contributed by atoms with E-state index in [9.17, 15) is 9.59 Å². The number of carbonyl (C=O) groups excluding carboxylic acids is 2. The van der Waals surface area contributed by atoms with Gasteiger partial charge in [-0.1, -0.05) is 19.8 Å². The predicted octanol–water partition coefficient (Wildman–Crippen LogP) is 2.87. The van der Waals surface area contributed by atoms with Crippen LogP contribution in [0.1, 0.15) is 38.4 Å². The maximum absolute atomic E-state index is 12.5. The van der Waals surface area contributed by atoms with Crippen molar-refractivity contribution in [3.8, 4) is 0 Å². The summed E-state index contributed by atoms with van der Waals surface area (Å²) in [5.41, 5.74) is 0. The highest BCUT2D eigenvalue weighted by molar-refractivity contribution is 5.92. The Bertz CT molecular complexity index is 515. The highest BCUT2D eigenvalue weighted by Gasteiger charge is 2.28. The lowest BCUT2D eigenvalue weighted by Crippen LogP contribution is -2.42. The van der Waals surface area contributed by atoms with Crippen LogP contribution in [0.4, 0.5) is 0 Å². The van der Waals surface area contributed by atoms with Crippen LogP contribution in [0, 0.1) is 5.92 Å². The van der Waals surface area contributed by atoms with Crippen LogP contribution < -0.4 is 0 Å². The Morgan fingerprint density at radius 1 is 1.45 bits per heavy atom. The number of hydrogen-bond acceptors (Lipinski definition) is 4. The van der Waals surface area contributed by atoms with Gasteiger partial charge in [0.2, 0.25) is 5.91 Å². The van der Waals surface area contributed by atoms with Crippen molar-refractivity contribution in [2.24, 2.45) is 5.92 Å². The van der Waals surface area contributed by atoms with Gasteiger partial charge < -0.3 is 14.1 Å². The van der Waals surface area contributed by atoms with Gasteiger partial charge in [-0.3, -0.25) is 9.59 Å². The van der Waals surface area contributed by atoms with Gasteiger partial charge in [0.15, 0.2) is 0 Å². The quantitative estimate of drug-likeness (QED) is 0.599. The Hall–Kier alpha value is -2.04. The molecule has 1 aromatic rings. The molecule has 0 N–H and O–H groups in total. The molecule has 1 heterocycles. The van der Waals surface area contributed by atoms with Gasteiger partial charge in [0.05, 0.1) is 19.3 Å². The zero-order chi connectivity index (χ0) is 15.9. The lowest BCUT2D eigenvalue weighted by molar-refractivity contribution is -0.146. The molecule has 0 aromatic carbocycles. The monoisotopic (exact) mass is 305 g/mol. The van der Waals surface area contributed by atoms with Gasteiger partial charge in [-0.25, -0.2) is 0 Å². The van der Waals surface area contributed by atoms with Gasteiger partial charge in [-0.15, -0.1) is 0 Å². The van der Waals surface area contributed by atoms with Crippen molar-refractivity contribution in [3.63, 3.8) is 0 Å². The summed E-state index contributed by atoms with van der Waals surface area (Å²) in [6, 6.07) is 3.78. The summed E-state index contributed by atoms with van der Waals surface area (Å²) < 4.78 is 9.96. The Kier molecular flexibility index (Phi) is 5.81. The molecule has 0 spiro atoms. The topological polar surface area (TPSA) is 59.8 Å². The van der Waals surface area contributed by atoms with Gasteiger partial charge in [0.25, 0.3) is 0 Å². The molecule has 120 valence electrons. The van der Waals surface area contributed by atoms with Crippen molar-refractivity contribution in [3.05, 3.63) is 30.2 Å². The number of methoxy groups -OCH3 is 1. The van der Waals surface area contributed by atoms with Gasteiger partial charge in [-0.05, 0) is 31.1 Å². The van der Waals surface area contributed by atoms with Crippen LogP contribution >= 0.6 is 0 Å². The molecule has 2 rings (SSSR count). The Morgan fingerprint density at radius 2 is 2.18 bits per heavy atom. The average molecular weight is 305 g/mol. The number of ether oxygens (including phenoxy) is 1. The smallest absolute Gasteiger partial charge is 0.310 e. The Morgan fingerprint density at radius 3 is 2.77 bits per heavy atom. The summed E-state index contributed by atoms with van der Waals surface area (Å²) in [4.78, 5) is 26.0. The van der Waals surface area contributed by atoms with Crippen LogP contribution in [0.25, 0.3) is 6.08 Å². The van der Waals surface area contributed by atoms with Crippen molar-refractivity contribution in [2.75, 3.05) is 13.7 Å². The van der Waals surface area contributed by atoms with E-state index in [1.165, 1.54) is 13.2 Å². The first-order valence-corrected chi connectivity index (χ1v) is 7.72. The SMILES string of the molecule is COC(=O)C(C)CN(C(=O)/C=C/c1ccco1)C1CCCC1. The van der Waals surface area contributed by atoms with Crippen LogP contribution in [-0.2, 0) is 14.3 Å². The van der Waals surface area contributed by atoms with Crippen molar-refractivity contribution < 1.29 is 18.7 Å². The Balaban J connectivity index is 2.06. The summed E-state index contributed by atoms with van der Waals surface area (Å²) in [5, 5.41) is 0. The molecule has 1 aliphatic carbocycles. The second kappa shape index (κ2) is 7.82. The van der Waals surface area contributed by atoms with Crippen molar-refractivity contribution in [1.29, 1.82) is 0 Å². The molecule has 1 atom stereocenters. The predicted molar refractivity (Wildman–Crippen MR) is 82.9 cm³/mol. The molecule has 1 saturated carbocycles. The van der Waals surface area contributed by atoms with E-state index in [2.05, 4.69) is 0 Å². The lowest BCUT2D eigenvalue weighted by Gasteiger charge is -2.29. The van der Waals surface area contributed by atoms with E-state index in [0.717, 1.165) is 25.7 Å². The third-order valence-electron chi connectivity index (χ3n) is 4.06. The second-order valence-electron chi connectivity index (χ2n) is 5.70. The maximum atomic E-state index is 12.5. The molecule has 5 heteroatoms. The molecule has 5 nitrogen and oxygen atoms in total. The van der Waals surface area contributed by atoms with Crippen molar-refractivity contribution >= 4 is 18.0 Å². The van der Waals surface area contributed by atoms with Crippen LogP contribution in [0.2, 0.25) is 0 Å². The minimum Gasteiger partial charge on any atom is -0.469 e. The first-order chi connectivity index (χ1) is 10.6. The summed E-state index contributed by atoms with van der Waals surface area (Å²) in [5.74, 6) is -0.0582. The molecule has 0 saturated heterocycles. The molecule has 0 radical (unpaired) electrons. The molecular weight excluding hydrogens is 282 g/mol. The Labute approximate surface area is 130 Å². The number of amides is 1. The number of hydrogen-bond donors (Lipinski definition) is 0. The van der Waals surface area contributed by atoms with Crippen LogP contribution in [0.3, 0.4) is 0 Å². The van der Waals surface area contributed by atoms with E-state index in [-0.39, 0.29) is 23.8 Å². The van der Waals surface area contributed by atoms with Crippen molar-refractivity contribution in [1.82, 2.24) is 4.90 Å². The summed E-state index contributed by atoms with van der Waals surface area (Å²) in [6.45, 7) is 2.18. The van der Waals surface area contributed by atoms with Gasteiger partial charge in [0, 0.05) is 18.7 Å². The number of rotatable bonds is 6. The van der Waals surface area contributed by atoms with E-state index in [1.807, 2.05) is 0 Å². The summed E-state index contributed by atoms with van der Waals surface area (Å²) in [7, 11) is 1.37. The first-order valence-electron chi connectivity index (χ1n) is 7.72. The minimum absolute atomic E-state index is 0.0842. The van der Waals surface area contributed by atoms with Crippen LogP contribution in [0.5, 0.6) is 0 Å². The average Bonchev–Trinajstić information content (AvgIpc) is 3.21. The van der Waals surface area contributed by atoms with E-state index in [4.69, 9.17) is 9.15 Å². The molecule has 1 aliphatic rings. The normalized spacial score (nSPS) is 16.8. The molecule has 0 aliphatic heterocycles. The highest BCUT2D eigenvalue weighted by Crippen LogP contribution is 2.25. The van der Waals surface area contributed by atoms with E-state index in [1.54, 1.807) is 36.3 Å². The molecule has 1 amide bonds. The molecule has 1 fully saturated rings. The fourth-order valence-corrected chi connectivity index (χ4v) is 2.84. The van der Waals surface area contributed by atoms with Gasteiger partial charge in [0.1, 0.15) is 5.76 Å². The lowest BCUT2D eigenvalue weighted by atomic mass is 10.1. The van der Waals surface area contributed by atoms with Crippen LogP contribution in [0.15, 0.2) is 28.9 Å². The standard InChI is InChI=1S/C17H23NO4/c1-13(17(20)21-2)12-18(14-6-3-4-7-14)16(19)10-9-15-8-5-11-22-15/h5,8-11,13-14H,3-4,6-7,12H2,1-2H3/b10-9+. The molecule has 22 heavy (non-hydrogen) atoms. The van der Waals surface area contributed by atoms with E-state index >= 15 is 0 Å². The summed E-state index contributed by atoms with van der Waals surface area (Å²) in [6.07, 6.45) is 8.99. The molecular formula is C17H23NO4. The third kappa shape index (κ3) is 4.23. The molecule has 1 aromatic heterocycles. The second-order valence-corrected chi connectivity index (χ2v) is 5.70. The van der Waals surface area contributed by atoms with Crippen molar-refractivity contribution in [2.45, 2.75) is 38.6 Å². The largest absolute Gasteiger partial charge is 0.469 e. The van der Waals surface area contributed by atoms with E-state index in [0.29, 0.717) is 12.3 Å². The zero-order valence-corrected chi connectivity index (χ0v) is 13.2. The fourth-order valence-electron chi connectivity index (χ4n) is 2.84. The summed E-state index contributed by atoms with van der Waals surface area (Å²) >= 11 is 0. The first kappa shape index (κ1) is 16.3. The van der Waals surface area contributed by atoms with Crippen LogP contribution in [-0.4, -0.2) is 36.5 Å². The number of nitrogens with zero attached hydrogens (tertiary/aromatic N) is 1. The minimum atomic E-state index is -0.327. The van der Waals surface area contributed by atoms with Gasteiger partial charge >= 0.3 is 5.97 Å².